The van der Waals surface area contributed by atoms with Crippen molar-refractivity contribution in [3.05, 3.63) is 88.5 Å². The van der Waals surface area contributed by atoms with Gasteiger partial charge in [-0.05, 0) is 17.7 Å². The second-order valence-corrected chi connectivity index (χ2v) is 7.49. The van der Waals surface area contributed by atoms with Gasteiger partial charge < -0.3 is 9.47 Å². The van der Waals surface area contributed by atoms with E-state index in [1.165, 1.54) is 17.8 Å². The Bertz CT molecular complexity index is 1170. The quantitative estimate of drug-likeness (QED) is 0.613. The molecule has 0 radical (unpaired) electrons. The van der Waals surface area contributed by atoms with Crippen molar-refractivity contribution in [2.75, 3.05) is 31.1 Å². The lowest BCUT2D eigenvalue weighted by molar-refractivity contribution is 0.249. The minimum Gasteiger partial charge on any atom is -0.367 e. The second kappa shape index (κ2) is 8.52. The van der Waals surface area contributed by atoms with Crippen molar-refractivity contribution in [1.29, 1.82) is 5.26 Å². The molecule has 0 N–H and O–H groups in total. The Morgan fingerprint density at radius 3 is 2.53 bits per heavy atom. The molecule has 3 aromatic rings. The fourth-order valence-electron chi connectivity index (χ4n) is 4.00. The molecule has 1 aromatic heterocycles. The summed E-state index contributed by atoms with van der Waals surface area (Å²) in [4.78, 5) is 16.9. The molecule has 6 heteroatoms. The van der Waals surface area contributed by atoms with E-state index in [0.29, 0.717) is 30.8 Å². The van der Waals surface area contributed by atoms with Crippen LogP contribution < -0.4 is 10.3 Å². The highest BCUT2D eigenvalue weighted by Crippen LogP contribution is 2.26. The molecule has 0 atom stereocenters. The van der Waals surface area contributed by atoms with E-state index in [9.17, 15) is 14.4 Å². The predicted octanol–water partition coefficient (Wildman–Crippen LogP) is 3.52. The fourth-order valence-corrected chi connectivity index (χ4v) is 4.00. The average Bonchev–Trinajstić information content (AvgIpc) is 2.77. The van der Waals surface area contributed by atoms with E-state index in [-0.39, 0.29) is 10.9 Å². The molecule has 1 aliphatic heterocycles. The first-order valence-corrected chi connectivity index (χ1v) is 9.99. The summed E-state index contributed by atoms with van der Waals surface area (Å²) in [5, 5.41) is 9.46. The second-order valence-electron chi connectivity index (χ2n) is 7.49. The monoisotopic (exact) mass is 402 g/mol. The molecule has 0 amide bonds. The van der Waals surface area contributed by atoms with Crippen LogP contribution >= 0.6 is 0 Å². The Hall–Kier alpha value is -3.43. The lowest BCUT2D eigenvalue weighted by atomic mass is 10.1. The van der Waals surface area contributed by atoms with E-state index in [4.69, 9.17) is 0 Å². The van der Waals surface area contributed by atoms with Crippen molar-refractivity contribution in [2.24, 2.45) is 0 Å². The highest BCUT2D eigenvalue weighted by atomic mass is 19.1. The number of aromatic nitrogens is 1. The van der Waals surface area contributed by atoms with Crippen LogP contribution in [0, 0.1) is 17.1 Å². The molecule has 30 heavy (non-hydrogen) atoms. The summed E-state index contributed by atoms with van der Waals surface area (Å²) in [5.41, 5.74) is 1.94. The van der Waals surface area contributed by atoms with Gasteiger partial charge in [-0.3, -0.25) is 9.69 Å². The predicted molar refractivity (Wildman–Crippen MR) is 117 cm³/mol. The largest absolute Gasteiger partial charge is 0.367 e. The molecule has 1 fully saturated rings. The normalized spacial score (nSPS) is 14.6. The Morgan fingerprint density at radius 1 is 1.13 bits per heavy atom. The number of anilines is 1. The van der Waals surface area contributed by atoms with Crippen molar-refractivity contribution in [3.63, 3.8) is 0 Å². The Labute approximate surface area is 174 Å². The maximum atomic E-state index is 15.0. The first kappa shape index (κ1) is 19.9. The van der Waals surface area contributed by atoms with E-state index in [2.05, 4.69) is 23.6 Å². The maximum Gasteiger partial charge on any atom is 0.207 e. The molecule has 0 bridgehead atoms. The Morgan fingerprint density at radius 2 is 1.87 bits per heavy atom. The maximum absolute atomic E-state index is 15.0. The number of halogens is 1. The highest BCUT2D eigenvalue weighted by molar-refractivity contribution is 5.84. The van der Waals surface area contributed by atoms with Crippen molar-refractivity contribution < 1.29 is 4.39 Å². The average molecular weight is 402 g/mol. The van der Waals surface area contributed by atoms with Gasteiger partial charge in [-0.2, -0.15) is 5.26 Å². The molecule has 5 nitrogen and oxygen atoms in total. The molecule has 152 valence electrons. The van der Waals surface area contributed by atoms with Crippen LogP contribution in [0.3, 0.4) is 0 Å². The highest BCUT2D eigenvalue weighted by Gasteiger charge is 2.21. The molecular formula is C24H23FN4O. The molecule has 4 rings (SSSR count). The fraction of sp³-hybridized carbons (Fsp3) is 0.250. The van der Waals surface area contributed by atoms with Gasteiger partial charge in [0.1, 0.15) is 17.4 Å². The molecule has 0 saturated carbocycles. The summed E-state index contributed by atoms with van der Waals surface area (Å²) < 4.78 is 16.7. The zero-order valence-electron chi connectivity index (χ0n) is 16.7. The van der Waals surface area contributed by atoms with Gasteiger partial charge in [0.15, 0.2) is 0 Å². The molecule has 0 unspecified atom stereocenters. The molecular weight excluding hydrogens is 379 g/mol. The van der Waals surface area contributed by atoms with Gasteiger partial charge in [-0.1, -0.05) is 36.4 Å². The van der Waals surface area contributed by atoms with Crippen LogP contribution in [0.1, 0.15) is 11.1 Å². The van der Waals surface area contributed by atoms with E-state index in [0.717, 1.165) is 19.6 Å². The van der Waals surface area contributed by atoms with Crippen molar-refractivity contribution in [1.82, 2.24) is 9.47 Å². The number of nitriles is 1. The number of fused-ring (bicyclic) bond motifs is 1. The van der Waals surface area contributed by atoms with E-state index >= 15 is 0 Å². The van der Waals surface area contributed by atoms with Gasteiger partial charge in [-0.25, -0.2) is 4.39 Å². The molecule has 0 spiro atoms. The van der Waals surface area contributed by atoms with E-state index in [1.807, 2.05) is 29.2 Å². The van der Waals surface area contributed by atoms with Crippen LogP contribution in [-0.2, 0) is 13.1 Å². The van der Waals surface area contributed by atoms with Gasteiger partial charge in [-0.15, -0.1) is 6.58 Å². The zero-order valence-corrected chi connectivity index (χ0v) is 16.7. The third kappa shape index (κ3) is 3.85. The van der Waals surface area contributed by atoms with Crippen molar-refractivity contribution in [2.45, 2.75) is 13.1 Å². The number of pyridine rings is 1. The van der Waals surface area contributed by atoms with Gasteiger partial charge in [0.25, 0.3) is 0 Å². The topological polar surface area (TPSA) is 52.3 Å². The summed E-state index contributed by atoms with van der Waals surface area (Å²) in [5.74, 6) is -0.434. The molecule has 1 saturated heterocycles. The molecule has 0 aliphatic carbocycles. The summed E-state index contributed by atoms with van der Waals surface area (Å²) in [7, 11) is 0. The number of hydrogen-bond acceptors (Lipinski definition) is 4. The first-order valence-electron chi connectivity index (χ1n) is 9.99. The smallest absolute Gasteiger partial charge is 0.207 e. The summed E-state index contributed by atoms with van der Waals surface area (Å²) >= 11 is 0. The summed E-state index contributed by atoms with van der Waals surface area (Å²) in [6.45, 7) is 8.13. The van der Waals surface area contributed by atoms with Crippen molar-refractivity contribution >= 4 is 16.6 Å². The minimum absolute atomic E-state index is 0.00558. The Kier molecular flexibility index (Phi) is 5.64. The van der Waals surface area contributed by atoms with Crippen LogP contribution in [0.4, 0.5) is 10.1 Å². The third-order valence-corrected chi connectivity index (χ3v) is 5.56. The van der Waals surface area contributed by atoms with Gasteiger partial charge in [0, 0.05) is 45.5 Å². The van der Waals surface area contributed by atoms with Crippen LogP contribution in [0.25, 0.3) is 10.9 Å². The minimum atomic E-state index is -0.439. The zero-order chi connectivity index (χ0) is 21.1. The lowest BCUT2D eigenvalue weighted by Gasteiger charge is -2.36. The van der Waals surface area contributed by atoms with Crippen LogP contribution in [-0.4, -0.2) is 35.6 Å². The standard InChI is InChI=1S/C24H23FN4O/c1-2-8-29-17-19(15-26)24(30)20-13-21(25)23(14-22(20)29)28-11-9-27(10-12-28)16-18-6-4-3-5-7-18/h2-7,13-14,17H,1,8-12,16H2. The molecule has 2 heterocycles. The Balaban J connectivity index is 1.61. The number of rotatable bonds is 5. The van der Waals surface area contributed by atoms with Crippen molar-refractivity contribution in [3.8, 4) is 6.07 Å². The third-order valence-electron chi connectivity index (χ3n) is 5.56. The summed E-state index contributed by atoms with van der Waals surface area (Å²) in [6.07, 6.45) is 3.21. The van der Waals surface area contributed by atoms with Gasteiger partial charge >= 0.3 is 0 Å². The number of hydrogen-bond donors (Lipinski definition) is 0. The summed E-state index contributed by atoms with van der Waals surface area (Å²) in [6, 6.07) is 15.2. The van der Waals surface area contributed by atoms with Gasteiger partial charge in [0.05, 0.1) is 16.6 Å². The van der Waals surface area contributed by atoms with Crippen LogP contribution in [0.15, 0.2) is 66.1 Å². The number of benzene rings is 2. The number of nitrogens with zero attached hydrogens (tertiary/aromatic N) is 4. The van der Waals surface area contributed by atoms with Crippen LogP contribution in [0.5, 0.6) is 0 Å². The lowest BCUT2D eigenvalue weighted by Crippen LogP contribution is -2.46. The number of allylic oxidation sites excluding steroid dienone is 1. The van der Waals surface area contributed by atoms with E-state index < -0.39 is 11.2 Å². The first-order chi connectivity index (χ1) is 14.6. The van der Waals surface area contributed by atoms with Crippen LogP contribution in [0.2, 0.25) is 0 Å². The number of piperazine rings is 1. The van der Waals surface area contributed by atoms with Gasteiger partial charge in [0.2, 0.25) is 5.43 Å². The molecule has 1 aliphatic rings. The van der Waals surface area contributed by atoms with E-state index in [1.54, 1.807) is 16.7 Å². The molecule has 2 aromatic carbocycles. The SMILES string of the molecule is C=CCn1cc(C#N)c(=O)c2cc(F)c(N3CCN(Cc4ccccc4)CC3)cc21.